The van der Waals surface area contributed by atoms with E-state index in [0.717, 1.165) is 10.0 Å². The van der Waals surface area contributed by atoms with Gasteiger partial charge >= 0.3 is 0 Å². The largest absolute Gasteiger partial charge is 0.457 e. The lowest BCUT2D eigenvalue weighted by atomic mass is 10.2. The van der Waals surface area contributed by atoms with Crippen molar-refractivity contribution in [3.05, 3.63) is 87.1 Å². The first-order chi connectivity index (χ1) is 13.1. The van der Waals surface area contributed by atoms with Crippen LogP contribution in [0.1, 0.15) is 11.6 Å². The number of benzene rings is 2. The van der Waals surface area contributed by atoms with E-state index in [1.807, 2.05) is 30.3 Å². The summed E-state index contributed by atoms with van der Waals surface area (Å²) in [5, 5.41) is 10.0. The first-order valence-corrected chi connectivity index (χ1v) is 8.90. The van der Waals surface area contributed by atoms with Gasteiger partial charge in [-0.15, -0.1) is 0 Å². The highest BCUT2D eigenvalue weighted by Crippen LogP contribution is 2.26. The number of allylic oxidation sites excluding steroid dienone is 1. The molecule has 2 aromatic carbocycles. The molecule has 0 aliphatic heterocycles. The van der Waals surface area contributed by atoms with Gasteiger partial charge in [-0.3, -0.25) is 4.79 Å². The molecule has 5 nitrogen and oxygen atoms in total. The van der Waals surface area contributed by atoms with E-state index in [9.17, 15) is 10.1 Å². The van der Waals surface area contributed by atoms with Crippen LogP contribution in [0.25, 0.3) is 33.9 Å². The summed E-state index contributed by atoms with van der Waals surface area (Å²) in [5.41, 5.74) is 1.39. The zero-order valence-corrected chi connectivity index (χ0v) is 15.5. The number of hydrogen-bond donors (Lipinski definition) is 1. The number of aromatic amines is 1. The van der Waals surface area contributed by atoms with Gasteiger partial charge in [-0.05, 0) is 36.4 Å². The second-order valence-electron chi connectivity index (χ2n) is 5.81. The van der Waals surface area contributed by atoms with Gasteiger partial charge in [0, 0.05) is 16.1 Å². The van der Waals surface area contributed by atoms with Gasteiger partial charge in [-0.25, -0.2) is 4.98 Å². The maximum Gasteiger partial charge on any atom is 0.259 e. The topological polar surface area (TPSA) is 82.7 Å². The summed E-state index contributed by atoms with van der Waals surface area (Å²) in [6.07, 6.45) is 1.56. The number of aromatic nitrogens is 2. The van der Waals surface area contributed by atoms with Gasteiger partial charge in [0.25, 0.3) is 5.56 Å². The number of nitriles is 1. The summed E-state index contributed by atoms with van der Waals surface area (Å²) in [4.78, 5) is 19.3. The van der Waals surface area contributed by atoms with Crippen molar-refractivity contribution >= 4 is 38.5 Å². The third-order valence-electron chi connectivity index (χ3n) is 4.03. The average molecular weight is 418 g/mol. The van der Waals surface area contributed by atoms with Crippen LogP contribution < -0.4 is 5.56 Å². The molecule has 0 aliphatic rings. The smallest absolute Gasteiger partial charge is 0.259 e. The van der Waals surface area contributed by atoms with Crippen LogP contribution in [0.15, 0.2) is 74.3 Å². The molecule has 4 aromatic rings. The summed E-state index contributed by atoms with van der Waals surface area (Å²) < 4.78 is 6.80. The Hall–Kier alpha value is -3.43. The van der Waals surface area contributed by atoms with E-state index in [2.05, 4.69) is 32.0 Å². The van der Waals surface area contributed by atoms with E-state index in [1.165, 1.54) is 0 Å². The molecule has 4 rings (SSSR count). The summed E-state index contributed by atoms with van der Waals surface area (Å²) in [5.74, 6) is 1.40. The molecule has 27 heavy (non-hydrogen) atoms. The van der Waals surface area contributed by atoms with Gasteiger partial charge in [-0.1, -0.05) is 40.2 Å². The number of halogens is 1. The van der Waals surface area contributed by atoms with Crippen LogP contribution in [-0.4, -0.2) is 9.97 Å². The van der Waals surface area contributed by atoms with Crippen molar-refractivity contribution in [2.24, 2.45) is 0 Å². The number of para-hydroxylation sites is 1. The van der Waals surface area contributed by atoms with E-state index in [-0.39, 0.29) is 17.0 Å². The van der Waals surface area contributed by atoms with Crippen molar-refractivity contribution in [2.75, 3.05) is 0 Å². The summed E-state index contributed by atoms with van der Waals surface area (Å²) >= 11 is 3.40. The number of rotatable bonds is 3. The number of nitrogens with one attached hydrogen (secondary N) is 1. The molecule has 2 heterocycles. The molecule has 1 N–H and O–H groups in total. The third kappa shape index (κ3) is 3.46. The van der Waals surface area contributed by atoms with Crippen LogP contribution in [0.3, 0.4) is 0 Å². The molecule has 6 heteroatoms. The lowest BCUT2D eigenvalue weighted by Gasteiger charge is -2.01. The van der Waals surface area contributed by atoms with Gasteiger partial charge in [0.1, 0.15) is 17.6 Å². The van der Waals surface area contributed by atoms with Crippen molar-refractivity contribution in [2.45, 2.75) is 0 Å². The molecular weight excluding hydrogens is 406 g/mol. The van der Waals surface area contributed by atoms with E-state index in [1.54, 1.807) is 36.4 Å². The quantitative estimate of drug-likeness (QED) is 0.474. The van der Waals surface area contributed by atoms with Crippen molar-refractivity contribution in [3.63, 3.8) is 0 Å². The molecule has 0 saturated heterocycles. The lowest BCUT2D eigenvalue weighted by molar-refractivity contribution is 0.572. The van der Waals surface area contributed by atoms with Crippen molar-refractivity contribution in [1.29, 1.82) is 5.26 Å². The molecule has 0 radical (unpaired) electrons. The Morgan fingerprint density at radius 3 is 2.67 bits per heavy atom. The molecule has 0 amide bonds. The fourth-order valence-corrected chi connectivity index (χ4v) is 2.97. The molecule has 0 atom stereocenters. The second kappa shape index (κ2) is 7.06. The lowest BCUT2D eigenvalue weighted by Crippen LogP contribution is -2.11. The number of fused-ring (bicyclic) bond motifs is 1. The normalized spacial score (nSPS) is 11.5. The van der Waals surface area contributed by atoms with Gasteiger partial charge in [0.2, 0.25) is 0 Å². The molecule has 2 aromatic heterocycles. The minimum Gasteiger partial charge on any atom is -0.457 e. The molecule has 0 saturated carbocycles. The Labute approximate surface area is 162 Å². The van der Waals surface area contributed by atoms with Gasteiger partial charge in [0.05, 0.1) is 16.5 Å². The Morgan fingerprint density at radius 2 is 1.89 bits per heavy atom. The Balaban J connectivity index is 1.73. The highest BCUT2D eigenvalue weighted by molar-refractivity contribution is 9.10. The average Bonchev–Trinajstić information content (AvgIpc) is 3.15. The molecule has 0 aliphatic carbocycles. The molecule has 0 unspecified atom stereocenters. The van der Waals surface area contributed by atoms with E-state index in [0.29, 0.717) is 22.4 Å². The molecule has 0 bridgehead atoms. The van der Waals surface area contributed by atoms with Crippen LogP contribution in [0, 0.1) is 11.3 Å². The predicted octanol–water partition coefficient (Wildman–Crippen LogP) is 5.01. The molecular formula is C21H12BrN3O2. The van der Waals surface area contributed by atoms with Gasteiger partial charge in [-0.2, -0.15) is 5.26 Å². The number of furan rings is 1. The van der Waals surface area contributed by atoms with E-state index < -0.39 is 0 Å². The van der Waals surface area contributed by atoms with Crippen molar-refractivity contribution in [3.8, 4) is 17.4 Å². The fourth-order valence-electron chi connectivity index (χ4n) is 2.71. The predicted molar refractivity (Wildman–Crippen MR) is 108 cm³/mol. The standard InChI is InChI=1S/C21H12BrN3O2/c22-15-7-5-13(6-8-15)19-10-9-16(27-19)11-14(12-23)20-24-18-4-2-1-3-17(18)21(26)25-20/h1-11H,(H,24,25,26). The summed E-state index contributed by atoms with van der Waals surface area (Å²) in [6, 6.07) is 20.4. The van der Waals surface area contributed by atoms with Gasteiger partial charge < -0.3 is 9.40 Å². The zero-order chi connectivity index (χ0) is 18.8. The van der Waals surface area contributed by atoms with Crippen LogP contribution in [-0.2, 0) is 0 Å². The SMILES string of the molecule is N#CC(=Cc1ccc(-c2ccc(Br)cc2)o1)c1nc2ccccc2c(=O)[nH]1. The Kier molecular flexibility index (Phi) is 4.45. The Bertz CT molecular complexity index is 1260. The fraction of sp³-hybridized carbons (Fsp3) is 0. The third-order valence-corrected chi connectivity index (χ3v) is 4.56. The summed E-state index contributed by atoms with van der Waals surface area (Å²) in [6.45, 7) is 0. The maximum atomic E-state index is 12.2. The second-order valence-corrected chi connectivity index (χ2v) is 6.73. The summed E-state index contributed by atoms with van der Waals surface area (Å²) in [7, 11) is 0. The highest BCUT2D eigenvalue weighted by atomic mass is 79.9. The highest BCUT2D eigenvalue weighted by Gasteiger charge is 2.10. The molecule has 130 valence electrons. The van der Waals surface area contributed by atoms with Crippen molar-refractivity contribution in [1.82, 2.24) is 9.97 Å². The first-order valence-electron chi connectivity index (χ1n) is 8.11. The minimum atomic E-state index is -0.285. The van der Waals surface area contributed by atoms with Crippen LogP contribution in [0.5, 0.6) is 0 Å². The van der Waals surface area contributed by atoms with Crippen LogP contribution in [0.4, 0.5) is 0 Å². The Morgan fingerprint density at radius 1 is 1.11 bits per heavy atom. The van der Waals surface area contributed by atoms with Crippen LogP contribution >= 0.6 is 15.9 Å². The first kappa shape index (κ1) is 17.0. The van der Waals surface area contributed by atoms with Crippen molar-refractivity contribution < 1.29 is 4.42 Å². The molecule has 0 spiro atoms. The molecule has 0 fully saturated rings. The van der Waals surface area contributed by atoms with Crippen LogP contribution in [0.2, 0.25) is 0 Å². The van der Waals surface area contributed by atoms with E-state index >= 15 is 0 Å². The van der Waals surface area contributed by atoms with E-state index in [4.69, 9.17) is 4.42 Å². The zero-order valence-electron chi connectivity index (χ0n) is 13.9. The number of H-pyrrole nitrogens is 1. The maximum absolute atomic E-state index is 12.2. The minimum absolute atomic E-state index is 0.211. The number of nitrogens with zero attached hydrogens (tertiary/aromatic N) is 2. The number of hydrogen-bond acceptors (Lipinski definition) is 4. The van der Waals surface area contributed by atoms with Gasteiger partial charge in [0.15, 0.2) is 5.82 Å². The monoisotopic (exact) mass is 417 g/mol.